The average molecular weight is 130 g/mol. The molecule has 1 fully saturated rings. The first-order valence-corrected chi connectivity index (χ1v) is 4.00. The second-order valence-corrected chi connectivity index (χ2v) is 2.85. The summed E-state index contributed by atoms with van der Waals surface area (Å²) in [4.78, 5) is 0. The summed E-state index contributed by atoms with van der Waals surface area (Å²) in [6.45, 7) is 0. The van der Waals surface area contributed by atoms with E-state index in [2.05, 4.69) is 17.1 Å². The first-order chi connectivity index (χ1) is 3.83. The fourth-order valence-electron chi connectivity index (χ4n) is 1.06. The molecule has 0 bridgehead atoms. The van der Waals surface area contributed by atoms with Crippen molar-refractivity contribution in [3.05, 3.63) is 0 Å². The van der Waals surface area contributed by atoms with Gasteiger partial charge in [0.25, 0.3) is 0 Å². The molecule has 1 nitrogen and oxygen atoms in total. The van der Waals surface area contributed by atoms with E-state index in [0.717, 1.165) is 6.16 Å². The first kappa shape index (κ1) is 6.57. The van der Waals surface area contributed by atoms with Gasteiger partial charge in [0.05, 0.1) is 6.10 Å². The predicted octanol–water partition coefficient (Wildman–Crippen LogP) is -0.000300. The van der Waals surface area contributed by atoms with Gasteiger partial charge in [0.2, 0.25) is 0 Å². The van der Waals surface area contributed by atoms with E-state index < -0.39 is 0 Å². The van der Waals surface area contributed by atoms with Crippen LogP contribution in [0.25, 0.3) is 0 Å². The van der Waals surface area contributed by atoms with Crippen molar-refractivity contribution in [1.82, 2.24) is 0 Å². The monoisotopic (exact) mass is 130 g/mol. The van der Waals surface area contributed by atoms with Crippen LogP contribution in [0.15, 0.2) is 0 Å². The minimum absolute atomic E-state index is 0.514. The Morgan fingerprint density at radius 1 is 1.62 bits per heavy atom. The SMILES string of the molecule is BC1CCC(CP)O1. The average Bonchev–Trinajstić information content (AvgIpc) is 2.14. The molecule has 1 rings (SSSR count). The van der Waals surface area contributed by atoms with Gasteiger partial charge in [0.1, 0.15) is 7.85 Å². The minimum Gasteiger partial charge on any atom is -0.384 e. The van der Waals surface area contributed by atoms with Crippen LogP contribution >= 0.6 is 9.24 Å². The lowest BCUT2D eigenvalue weighted by Crippen LogP contribution is -2.10. The van der Waals surface area contributed by atoms with Gasteiger partial charge in [-0.15, -0.1) is 9.24 Å². The van der Waals surface area contributed by atoms with Crippen molar-refractivity contribution in [1.29, 1.82) is 0 Å². The second kappa shape index (κ2) is 2.84. The van der Waals surface area contributed by atoms with E-state index >= 15 is 0 Å². The highest BCUT2D eigenvalue weighted by Crippen LogP contribution is 2.18. The van der Waals surface area contributed by atoms with Crippen LogP contribution in [-0.2, 0) is 4.74 Å². The van der Waals surface area contributed by atoms with E-state index in [0.29, 0.717) is 12.1 Å². The van der Waals surface area contributed by atoms with Crippen molar-refractivity contribution in [2.24, 2.45) is 0 Å². The molecule has 0 saturated carbocycles. The van der Waals surface area contributed by atoms with Crippen LogP contribution in [0.4, 0.5) is 0 Å². The van der Waals surface area contributed by atoms with E-state index in [4.69, 9.17) is 4.74 Å². The Hall–Kier alpha value is 0.455. The maximum atomic E-state index is 5.49. The molecule has 0 N–H and O–H groups in total. The number of ether oxygens (including phenoxy) is 1. The summed E-state index contributed by atoms with van der Waals surface area (Å²) < 4.78 is 5.49. The molecule has 0 spiro atoms. The van der Waals surface area contributed by atoms with E-state index in [1.807, 2.05) is 0 Å². The van der Waals surface area contributed by atoms with Crippen molar-refractivity contribution in [3.8, 4) is 0 Å². The number of hydrogen-bond acceptors (Lipinski definition) is 1. The van der Waals surface area contributed by atoms with Crippen LogP contribution in [0.3, 0.4) is 0 Å². The van der Waals surface area contributed by atoms with E-state index in [-0.39, 0.29) is 0 Å². The van der Waals surface area contributed by atoms with Gasteiger partial charge in [0.15, 0.2) is 0 Å². The van der Waals surface area contributed by atoms with E-state index in [9.17, 15) is 0 Å². The zero-order valence-electron chi connectivity index (χ0n) is 5.26. The maximum absolute atomic E-state index is 5.49. The Bertz CT molecular complexity index is 78.8. The van der Waals surface area contributed by atoms with Gasteiger partial charge < -0.3 is 4.74 Å². The molecular weight excluding hydrogens is 118 g/mol. The lowest BCUT2D eigenvalue weighted by molar-refractivity contribution is 0.104. The molecule has 3 heteroatoms. The van der Waals surface area contributed by atoms with Crippen molar-refractivity contribution in [2.75, 3.05) is 6.16 Å². The lowest BCUT2D eigenvalue weighted by atomic mass is 9.97. The third kappa shape index (κ3) is 1.46. The maximum Gasteiger partial charge on any atom is 0.139 e. The topological polar surface area (TPSA) is 9.23 Å². The molecule has 0 radical (unpaired) electrons. The molecule has 46 valence electrons. The van der Waals surface area contributed by atoms with E-state index in [1.165, 1.54) is 12.8 Å². The molecule has 1 saturated heterocycles. The van der Waals surface area contributed by atoms with Gasteiger partial charge in [-0.3, -0.25) is 0 Å². The van der Waals surface area contributed by atoms with Gasteiger partial charge in [-0.2, -0.15) is 0 Å². The van der Waals surface area contributed by atoms with Gasteiger partial charge in [-0.1, -0.05) is 0 Å². The first-order valence-electron chi connectivity index (χ1n) is 3.18. The minimum atomic E-state index is 0.514. The Kier molecular flexibility index (Phi) is 2.33. The summed E-state index contributed by atoms with van der Waals surface area (Å²) in [6.07, 6.45) is 4.14. The van der Waals surface area contributed by atoms with Crippen LogP contribution in [0.2, 0.25) is 0 Å². The van der Waals surface area contributed by atoms with Gasteiger partial charge in [0, 0.05) is 6.00 Å². The van der Waals surface area contributed by atoms with Gasteiger partial charge >= 0.3 is 0 Å². The molecule has 0 aromatic heterocycles. The predicted molar refractivity (Wildman–Crippen MR) is 41.0 cm³/mol. The van der Waals surface area contributed by atoms with Crippen LogP contribution < -0.4 is 0 Å². The number of hydrogen-bond donors (Lipinski definition) is 0. The molecule has 0 aliphatic carbocycles. The zero-order valence-corrected chi connectivity index (χ0v) is 6.42. The molecule has 1 aliphatic heterocycles. The molecule has 3 atom stereocenters. The van der Waals surface area contributed by atoms with Crippen LogP contribution in [-0.4, -0.2) is 26.1 Å². The largest absolute Gasteiger partial charge is 0.384 e. The third-order valence-corrected chi connectivity index (χ3v) is 2.11. The van der Waals surface area contributed by atoms with Crippen LogP contribution in [0.1, 0.15) is 12.8 Å². The quantitative estimate of drug-likeness (QED) is 0.358. The highest BCUT2D eigenvalue weighted by Gasteiger charge is 2.18. The summed E-state index contributed by atoms with van der Waals surface area (Å²) in [5.74, 6) is 0. The zero-order chi connectivity index (χ0) is 5.98. The Morgan fingerprint density at radius 3 is 2.62 bits per heavy atom. The Morgan fingerprint density at radius 2 is 2.38 bits per heavy atom. The van der Waals surface area contributed by atoms with Crippen molar-refractivity contribution >= 4 is 17.1 Å². The summed E-state index contributed by atoms with van der Waals surface area (Å²) in [6, 6.07) is 0.514. The molecule has 8 heavy (non-hydrogen) atoms. The summed E-state index contributed by atoms with van der Waals surface area (Å²) in [5, 5.41) is 0. The third-order valence-electron chi connectivity index (χ3n) is 1.58. The highest BCUT2D eigenvalue weighted by atomic mass is 31.0. The Labute approximate surface area is 53.8 Å². The van der Waals surface area contributed by atoms with Gasteiger partial charge in [-0.25, -0.2) is 0 Å². The fraction of sp³-hybridized carbons (Fsp3) is 1.00. The molecule has 1 heterocycles. The highest BCUT2D eigenvalue weighted by molar-refractivity contribution is 7.16. The Balaban J connectivity index is 2.22. The van der Waals surface area contributed by atoms with Crippen LogP contribution in [0, 0.1) is 0 Å². The summed E-state index contributed by atoms with van der Waals surface area (Å²) >= 11 is 0. The van der Waals surface area contributed by atoms with Crippen LogP contribution in [0.5, 0.6) is 0 Å². The summed E-state index contributed by atoms with van der Waals surface area (Å²) in [5.41, 5.74) is 0. The lowest BCUT2D eigenvalue weighted by Gasteiger charge is -2.05. The standard InChI is InChI=1S/C5H12BOP/c6-5-2-1-4(3-8)7-5/h4-5H,1-3,6,8H2. The molecular formula is C5H12BOP. The summed E-state index contributed by atoms with van der Waals surface area (Å²) in [7, 11) is 4.85. The van der Waals surface area contributed by atoms with Crippen molar-refractivity contribution in [3.63, 3.8) is 0 Å². The molecule has 0 aromatic rings. The number of rotatable bonds is 1. The second-order valence-electron chi connectivity index (χ2n) is 2.38. The smallest absolute Gasteiger partial charge is 0.139 e. The fourth-order valence-corrected chi connectivity index (χ4v) is 1.41. The normalized spacial score (nSPS) is 38.1. The molecule has 0 aromatic carbocycles. The molecule has 3 unspecified atom stereocenters. The van der Waals surface area contributed by atoms with Crippen molar-refractivity contribution in [2.45, 2.75) is 24.9 Å². The molecule has 1 aliphatic rings. The van der Waals surface area contributed by atoms with Gasteiger partial charge in [-0.05, 0) is 19.0 Å². The molecule has 0 amide bonds. The van der Waals surface area contributed by atoms with Crippen molar-refractivity contribution < 1.29 is 4.74 Å². The van der Waals surface area contributed by atoms with E-state index in [1.54, 1.807) is 0 Å².